The van der Waals surface area contributed by atoms with Crippen LogP contribution in [-0.2, 0) is 24.2 Å². The van der Waals surface area contributed by atoms with Crippen molar-refractivity contribution in [3.63, 3.8) is 0 Å². The topological polar surface area (TPSA) is 81.8 Å². The van der Waals surface area contributed by atoms with E-state index in [2.05, 4.69) is 4.98 Å². The van der Waals surface area contributed by atoms with Gasteiger partial charge in [-0.1, -0.05) is 42.5 Å². The third-order valence-corrected chi connectivity index (χ3v) is 5.78. The molecular formula is C29H29NO5. The third-order valence-electron chi connectivity index (χ3n) is 5.78. The SMILES string of the molecule is Cc1ccccc1OCc1cc(OCCc2nc(-c3ccccc3)oc2C)ccc1CCC(=O)O. The number of nitrogens with zero attached hydrogens (tertiary/aromatic N) is 1. The Morgan fingerprint density at radius 3 is 2.46 bits per heavy atom. The number of carbonyl (C=O) groups is 1. The molecule has 0 aliphatic rings. The maximum Gasteiger partial charge on any atom is 0.303 e. The lowest BCUT2D eigenvalue weighted by molar-refractivity contribution is -0.136. The van der Waals surface area contributed by atoms with Gasteiger partial charge in [-0.25, -0.2) is 4.98 Å². The summed E-state index contributed by atoms with van der Waals surface area (Å²) in [5.74, 6) is 2.07. The molecule has 0 radical (unpaired) electrons. The lowest BCUT2D eigenvalue weighted by atomic mass is 10.0. The van der Waals surface area contributed by atoms with E-state index in [0.29, 0.717) is 37.7 Å². The highest BCUT2D eigenvalue weighted by molar-refractivity contribution is 5.67. The smallest absolute Gasteiger partial charge is 0.303 e. The van der Waals surface area contributed by atoms with Crippen molar-refractivity contribution in [2.45, 2.75) is 39.7 Å². The zero-order valence-corrected chi connectivity index (χ0v) is 20.0. The average Bonchev–Trinajstić information content (AvgIpc) is 3.23. The number of carboxylic acid groups (broad SMARTS) is 1. The number of para-hydroxylation sites is 1. The van der Waals surface area contributed by atoms with Crippen molar-refractivity contribution in [2.24, 2.45) is 0 Å². The van der Waals surface area contributed by atoms with Crippen LogP contribution in [0.2, 0.25) is 0 Å². The predicted molar refractivity (Wildman–Crippen MR) is 134 cm³/mol. The van der Waals surface area contributed by atoms with Crippen LogP contribution in [0.1, 0.15) is 34.6 Å². The second-order valence-corrected chi connectivity index (χ2v) is 8.36. The summed E-state index contributed by atoms with van der Waals surface area (Å²) < 4.78 is 17.9. The fourth-order valence-corrected chi connectivity index (χ4v) is 3.82. The first-order valence-electron chi connectivity index (χ1n) is 11.7. The molecule has 4 aromatic rings. The number of hydrogen-bond donors (Lipinski definition) is 1. The second kappa shape index (κ2) is 11.4. The van der Waals surface area contributed by atoms with Crippen molar-refractivity contribution < 1.29 is 23.8 Å². The quantitative estimate of drug-likeness (QED) is 0.281. The van der Waals surface area contributed by atoms with Crippen molar-refractivity contribution in [1.29, 1.82) is 0 Å². The Balaban J connectivity index is 1.43. The van der Waals surface area contributed by atoms with Gasteiger partial charge >= 0.3 is 5.97 Å². The highest BCUT2D eigenvalue weighted by atomic mass is 16.5. The number of oxazole rings is 1. The maximum atomic E-state index is 11.1. The first kappa shape index (κ1) is 24.1. The summed E-state index contributed by atoms with van der Waals surface area (Å²) in [5.41, 5.74) is 4.71. The number of aliphatic carboxylic acids is 1. The van der Waals surface area contributed by atoms with E-state index in [1.54, 1.807) is 0 Å². The van der Waals surface area contributed by atoms with E-state index in [9.17, 15) is 4.79 Å². The molecule has 6 heteroatoms. The normalized spacial score (nSPS) is 10.8. The molecule has 6 nitrogen and oxygen atoms in total. The molecule has 35 heavy (non-hydrogen) atoms. The van der Waals surface area contributed by atoms with Crippen molar-refractivity contribution >= 4 is 5.97 Å². The van der Waals surface area contributed by atoms with Gasteiger partial charge in [0.1, 0.15) is 23.9 Å². The molecule has 0 atom stereocenters. The van der Waals surface area contributed by atoms with Crippen LogP contribution in [0.3, 0.4) is 0 Å². The molecule has 1 N–H and O–H groups in total. The zero-order chi connectivity index (χ0) is 24.6. The molecular weight excluding hydrogens is 442 g/mol. The van der Waals surface area contributed by atoms with Crippen molar-refractivity contribution in [3.05, 3.63) is 101 Å². The standard InChI is InChI=1S/C29H29NO5/c1-20-8-6-7-11-27(20)34-19-24-18-25(14-12-22(24)13-15-28(31)32)33-17-16-26-21(2)35-29(30-26)23-9-4-3-5-10-23/h3-12,14,18H,13,15-17,19H2,1-2H3,(H,31,32). The monoisotopic (exact) mass is 471 g/mol. The van der Waals surface area contributed by atoms with Gasteiger partial charge in [0, 0.05) is 18.4 Å². The number of hydrogen-bond acceptors (Lipinski definition) is 5. The van der Waals surface area contributed by atoms with E-state index in [4.69, 9.17) is 19.0 Å². The predicted octanol–water partition coefficient (Wildman–Crippen LogP) is 6.18. The lowest BCUT2D eigenvalue weighted by Gasteiger charge is -2.14. The van der Waals surface area contributed by atoms with E-state index in [1.165, 1.54) is 0 Å². The van der Waals surface area contributed by atoms with Gasteiger partial charge in [0.15, 0.2) is 0 Å². The van der Waals surface area contributed by atoms with Gasteiger partial charge in [0.05, 0.1) is 12.3 Å². The van der Waals surface area contributed by atoms with Gasteiger partial charge in [-0.15, -0.1) is 0 Å². The van der Waals surface area contributed by atoms with E-state index in [1.807, 2.05) is 86.6 Å². The number of aryl methyl sites for hydroxylation is 3. The van der Waals surface area contributed by atoms with Crippen molar-refractivity contribution in [2.75, 3.05) is 6.61 Å². The number of benzene rings is 3. The Kier molecular flexibility index (Phi) is 7.83. The molecule has 1 aromatic heterocycles. The minimum atomic E-state index is -0.825. The van der Waals surface area contributed by atoms with E-state index >= 15 is 0 Å². The van der Waals surface area contributed by atoms with Gasteiger partial charge in [0.2, 0.25) is 5.89 Å². The summed E-state index contributed by atoms with van der Waals surface area (Å²) >= 11 is 0. The summed E-state index contributed by atoms with van der Waals surface area (Å²) in [6.07, 6.45) is 1.10. The molecule has 0 unspecified atom stereocenters. The fraction of sp³-hybridized carbons (Fsp3) is 0.241. The fourth-order valence-electron chi connectivity index (χ4n) is 3.82. The Morgan fingerprint density at radius 2 is 1.69 bits per heavy atom. The van der Waals surface area contributed by atoms with E-state index < -0.39 is 5.97 Å². The van der Waals surface area contributed by atoms with Crippen LogP contribution >= 0.6 is 0 Å². The summed E-state index contributed by atoms with van der Waals surface area (Å²) in [6.45, 7) is 4.68. The van der Waals surface area contributed by atoms with Gasteiger partial charge in [0.25, 0.3) is 0 Å². The Bertz CT molecular complexity index is 1280. The first-order valence-corrected chi connectivity index (χ1v) is 11.7. The zero-order valence-electron chi connectivity index (χ0n) is 20.0. The summed E-state index contributed by atoms with van der Waals surface area (Å²) in [5, 5.41) is 9.12. The Labute approximate surface area is 205 Å². The minimum Gasteiger partial charge on any atom is -0.493 e. The first-order chi connectivity index (χ1) is 17.0. The molecule has 0 saturated carbocycles. The number of carboxylic acids is 1. The maximum absolute atomic E-state index is 11.1. The van der Waals surface area contributed by atoms with Gasteiger partial charge in [-0.3, -0.25) is 4.79 Å². The number of aromatic nitrogens is 1. The molecule has 180 valence electrons. The molecule has 1 heterocycles. The van der Waals surface area contributed by atoms with Crippen LogP contribution in [0.15, 0.2) is 77.2 Å². The van der Waals surface area contributed by atoms with Crippen LogP contribution in [0, 0.1) is 13.8 Å². The van der Waals surface area contributed by atoms with Crippen LogP contribution in [0.25, 0.3) is 11.5 Å². The summed E-state index contributed by atoms with van der Waals surface area (Å²) in [7, 11) is 0. The third kappa shape index (κ3) is 6.51. The minimum absolute atomic E-state index is 0.0623. The van der Waals surface area contributed by atoms with Crippen molar-refractivity contribution in [1.82, 2.24) is 4.98 Å². The lowest BCUT2D eigenvalue weighted by Crippen LogP contribution is -2.06. The molecule has 0 aliphatic heterocycles. The van der Waals surface area contributed by atoms with Crippen LogP contribution in [-0.4, -0.2) is 22.7 Å². The van der Waals surface area contributed by atoms with E-state index in [-0.39, 0.29) is 6.42 Å². The van der Waals surface area contributed by atoms with Gasteiger partial charge in [-0.05, 0) is 67.3 Å². The highest BCUT2D eigenvalue weighted by Gasteiger charge is 2.13. The Morgan fingerprint density at radius 1 is 0.914 bits per heavy atom. The molecule has 0 fully saturated rings. The molecule has 0 saturated heterocycles. The Hall–Kier alpha value is -4.06. The molecule has 0 aliphatic carbocycles. The highest BCUT2D eigenvalue weighted by Crippen LogP contribution is 2.25. The van der Waals surface area contributed by atoms with E-state index in [0.717, 1.165) is 39.5 Å². The van der Waals surface area contributed by atoms with Crippen LogP contribution < -0.4 is 9.47 Å². The number of ether oxygens (including phenoxy) is 2. The summed E-state index contributed by atoms with van der Waals surface area (Å²) in [4.78, 5) is 15.7. The van der Waals surface area contributed by atoms with Crippen LogP contribution in [0.4, 0.5) is 0 Å². The molecule has 0 bridgehead atoms. The molecule has 0 amide bonds. The van der Waals surface area contributed by atoms with Crippen LogP contribution in [0.5, 0.6) is 11.5 Å². The summed E-state index contributed by atoms with van der Waals surface area (Å²) in [6, 6.07) is 23.4. The molecule has 0 spiro atoms. The number of rotatable bonds is 11. The molecule has 3 aromatic carbocycles. The second-order valence-electron chi connectivity index (χ2n) is 8.36. The largest absolute Gasteiger partial charge is 0.493 e. The van der Waals surface area contributed by atoms with Crippen molar-refractivity contribution in [3.8, 4) is 23.0 Å². The molecule has 4 rings (SSSR count). The average molecular weight is 472 g/mol. The van der Waals surface area contributed by atoms with Gasteiger partial charge < -0.3 is 19.0 Å². The van der Waals surface area contributed by atoms with Gasteiger partial charge in [-0.2, -0.15) is 0 Å².